The molecular formula is C15H17N3O2S. The van der Waals surface area contributed by atoms with Crippen LogP contribution in [0.1, 0.15) is 17.7 Å². The minimum Gasteiger partial charge on any atom is -0.325 e. The summed E-state index contributed by atoms with van der Waals surface area (Å²) in [7, 11) is -3.57. The molecule has 21 heavy (non-hydrogen) atoms. The zero-order chi connectivity index (χ0) is 14.9. The van der Waals surface area contributed by atoms with Crippen LogP contribution in [0.4, 0.5) is 5.69 Å². The SMILES string of the molecule is NCc1ccc(S(=O)(=O)N2CCCc3ccccc32)cn1. The van der Waals surface area contributed by atoms with Gasteiger partial charge in [0.2, 0.25) is 0 Å². The molecule has 1 aliphatic rings. The fourth-order valence-electron chi connectivity index (χ4n) is 2.56. The van der Waals surface area contributed by atoms with Crippen molar-refractivity contribution in [3.63, 3.8) is 0 Å². The fraction of sp³-hybridized carbons (Fsp3) is 0.267. The van der Waals surface area contributed by atoms with E-state index in [2.05, 4.69) is 4.98 Å². The molecular weight excluding hydrogens is 286 g/mol. The number of nitrogens with two attached hydrogens (primary N) is 1. The third kappa shape index (κ3) is 2.52. The Morgan fingerprint density at radius 2 is 2.00 bits per heavy atom. The highest BCUT2D eigenvalue weighted by Crippen LogP contribution is 2.31. The summed E-state index contributed by atoms with van der Waals surface area (Å²) in [5.74, 6) is 0. The van der Waals surface area contributed by atoms with Crippen LogP contribution in [0.2, 0.25) is 0 Å². The number of sulfonamides is 1. The highest BCUT2D eigenvalue weighted by Gasteiger charge is 2.28. The molecule has 0 aliphatic carbocycles. The minimum atomic E-state index is -3.57. The molecule has 0 fully saturated rings. The molecule has 1 aromatic carbocycles. The Morgan fingerprint density at radius 3 is 2.71 bits per heavy atom. The van der Waals surface area contributed by atoms with Crippen LogP contribution >= 0.6 is 0 Å². The first kappa shape index (κ1) is 14.0. The number of hydrogen-bond acceptors (Lipinski definition) is 4. The van der Waals surface area contributed by atoms with E-state index < -0.39 is 10.0 Å². The number of anilines is 1. The van der Waals surface area contributed by atoms with Gasteiger partial charge in [0, 0.05) is 19.3 Å². The van der Waals surface area contributed by atoms with Gasteiger partial charge in [-0.2, -0.15) is 0 Å². The van der Waals surface area contributed by atoms with Crippen LogP contribution in [0.3, 0.4) is 0 Å². The number of benzene rings is 1. The molecule has 0 bridgehead atoms. The lowest BCUT2D eigenvalue weighted by Gasteiger charge is -2.30. The number of para-hydroxylation sites is 1. The van der Waals surface area contributed by atoms with Gasteiger partial charge in [-0.15, -0.1) is 0 Å². The Kier molecular flexibility index (Phi) is 3.65. The quantitative estimate of drug-likeness (QED) is 0.936. The maximum atomic E-state index is 12.8. The van der Waals surface area contributed by atoms with Crippen LogP contribution in [-0.4, -0.2) is 19.9 Å². The van der Waals surface area contributed by atoms with Gasteiger partial charge < -0.3 is 5.73 Å². The average Bonchev–Trinajstić information content (AvgIpc) is 2.54. The smallest absolute Gasteiger partial charge is 0.265 e. The number of pyridine rings is 1. The maximum Gasteiger partial charge on any atom is 0.265 e. The monoisotopic (exact) mass is 303 g/mol. The first-order valence-corrected chi connectivity index (χ1v) is 8.32. The summed E-state index contributed by atoms with van der Waals surface area (Å²) in [5.41, 5.74) is 8.01. The van der Waals surface area contributed by atoms with Crippen LogP contribution in [0, 0.1) is 0 Å². The van der Waals surface area contributed by atoms with E-state index in [-0.39, 0.29) is 4.90 Å². The highest BCUT2D eigenvalue weighted by atomic mass is 32.2. The van der Waals surface area contributed by atoms with Crippen LogP contribution in [0.15, 0.2) is 47.5 Å². The first-order valence-electron chi connectivity index (χ1n) is 6.88. The normalized spacial score (nSPS) is 14.8. The second kappa shape index (κ2) is 5.46. The standard InChI is InChI=1S/C15H17N3O2S/c16-10-13-7-8-14(11-17-13)21(19,20)18-9-3-5-12-4-1-2-6-15(12)18/h1-2,4,6-8,11H,3,5,9-10,16H2. The van der Waals surface area contributed by atoms with Crippen molar-refractivity contribution in [2.75, 3.05) is 10.8 Å². The zero-order valence-corrected chi connectivity index (χ0v) is 12.4. The van der Waals surface area contributed by atoms with Crippen molar-refractivity contribution in [2.45, 2.75) is 24.3 Å². The number of fused-ring (bicyclic) bond motifs is 1. The van der Waals surface area contributed by atoms with Crippen molar-refractivity contribution in [3.05, 3.63) is 53.9 Å². The van der Waals surface area contributed by atoms with Gasteiger partial charge in [0.05, 0.1) is 11.4 Å². The Bertz CT molecular complexity index is 742. The summed E-state index contributed by atoms with van der Waals surface area (Å²) < 4.78 is 27.1. The lowest BCUT2D eigenvalue weighted by Crippen LogP contribution is -2.35. The van der Waals surface area contributed by atoms with Gasteiger partial charge in [0.25, 0.3) is 10.0 Å². The van der Waals surface area contributed by atoms with E-state index in [0.717, 1.165) is 24.1 Å². The predicted molar refractivity (Wildman–Crippen MR) is 81.4 cm³/mol. The molecule has 0 unspecified atom stereocenters. The van der Waals surface area contributed by atoms with E-state index in [9.17, 15) is 8.42 Å². The van der Waals surface area contributed by atoms with E-state index in [1.165, 1.54) is 10.5 Å². The average molecular weight is 303 g/mol. The summed E-state index contributed by atoms with van der Waals surface area (Å²) in [6.07, 6.45) is 3.12. The maximum absolute atomic E-state index is 12.8. The molecule has 2 aromatic rings. The number of hydrogen-bond donors (Lipinski definition) is 1. The molecule has 2 N–H and O–H groups in total. The van der Waals surface area contributed by atoms with Gasteiger partial charge in [0.1, 0.15) is 4.90 Å². The molecule has 1 aromatic heterocycles. The fourth-order valence-corrected chi connectivity index (χ4v) is 4.05. The minimum absolute atomic E-state index is 0.205. The second-order valence-electron chi connectivity index (χ2n) is 5.00. The van der Waals surface area contributed by atoms with Crippen molar-refractivity contribution in [2.24, 2.45) is 5.73 Å². The molecule has 2 heterocycles. The molecule has 0 radical (unpaired) electrons. The lowest BCUT2D eigenvalue weighted by atomic mass is 10.0. The van der Waals surface area contributed by atoms with Crippen LogP contribution in [0.25, 0.3) is 0 Å². The van der Waals surface area contributed by atoms with E-state index in [4.69, 9.17) is 5.73 Å². The molecule has 3 rings (SSSR count). The van der Waals surface area contributed by atoms with Gasteiger partial charge in [-0.05, 0) is 36.6 Å². The Hall–Kier alpha value is -1.92. The number of nitrogens with zero attached hydrogens (tertiary/aromatic N) is 2. The largest absolute Gasteiger partial charge is 0.325 e. The van der Waals surface area contributed by atoms with Gasteiger partial charge in [-0.25, -0.2) is 8.42 Å². The van der Waals surface area contributed by atoms with Gasteiger partial charge >= 0.3 is 0 Å². The van der Waals surface area contributed by atoms with Crippen molar-refractivity contribution in [1.82, 2.24) is 4.98 Å². The molecule has 0 spiro atoms. The van der Waals surface area contributed by atoms with Crippen molar-refractivity contribution in [3.8, 4) is 0 Å². The summed E-state index contributed by atoms with van der Waals surface area (Å²) in [6.45, 7) is 0.796. The summed E-state index contributed by atoms with van der Waals surface area (Å²) in [5, 5.41) is 0. The Balaban J connectivity index is 2.02. The van der Waals surface area contributed by atoms with Gasteiger partial charge in [-0.3, -0.25) is 9.29 Å². The highest BCUT2D eigenvalue weighted by molar-refractivity contribution is 7.92. The topological polar surface area (TPSA) is 76.3 Å². The zero-order valence-electron chi connectivity index (χ0n) is 11.6. The summed E-state index contributed by atoms with van der Waals surface area (Å²) in [4.78, 5) is 4.29. The first-order chi connectivity index (χ1) is 10.1. The van der Waals surface area contributed by atoms with Crippen LogP contribution in [-0.2, 0) is 23.0 Å². The Labute approximate surface area is 124 Å². The third-order valence-corrected chi connectivity index (χ3v) is 5.46. The van der Waals surface area contributed by atoms with E-state index in [1.807, 2.05) is 24.3 Å². The molecule has 0 saturated heterocycles. The molecule has 0 atom stereocenters. The number of rotatable bonds is 3. The molecule has 0 amide bonds. The summed E-state index contributed by atoms with van der Waals surface area (Å²) >= 11 is 0. The van der Waals surface area contributed by atoms with Crippen LogP contribution in [0.5, 0.6) is 0 Å². The van der Waals surface area contributed by atoms with Crippen molar-refractivity contribution < 1.29 is 8.42 Å². The van der Waals surface area contributed by atoms with Gasteiger partial charge in [0.15, 0.2) is 0 Å². The number of aromatic nitrogens is 1. The van der Waals surface area contributed by atoms with Crippen molar-refractivity contribution in [1.29, 1.82) is 0 Å². The molecule has 6 heteroatoms. The van der Waals surface area contributed by atoms with Gasteiger partial charge in [-0.1, -0.05) is 18.2 Å². The van der Waals surface area contributed by atoms with E-state index in [0.29, 0.717) is 18.8 Å². The Morgan fingerprint density at radius 1 is 1.19 bits per heavy atom. The molecule has 5 nitrogen and oxygen atoms in total. The van der Waals surface area contributed by atoms with Crippen LogP contribution < -0.4 is 10.0 Å². The third-order valence-electron chi connectivity index (χ3n) is 3.66. The second-order valence-corrected chi connectivity index (χ2v) is 6.86. The summed E-state index contributed by atoms with van der Waals surface area (Å²) in [6, 6.07) is 10.9. The molecule has 1 aliphatic heterocycles. The predicted octanol–water partition coefficient (Wildman–Crippen LogP) is 1.68. The van der Waals surface area contributed by atoms with E-state index in [1.54, 1.807) is 12.1 Å². The lowest BCUT2D eigenvalue weighted by molar-refractivity contribution is 0.586. The van der Waals surface area contributed by atoms with E-state index >= 15 is 0 Å². The molecule has 110 valence electrons. The molecule has 0 saturated carbocycles. The van der Waals surface area contributed by atoms with Crippen molar-refractivity contribution >= 4 is 15.7 Å². The number of aryl methyl sites for hydroxylation is 1.